The van der Waals surface area contributed by atoms with Gasteiger partial charge in [-0.05, 0) is 25.6 Å². The summed E-state index contributed by atoms with van der Waals surface area (Å²) in [6, 6.07) is -0.0976. The lowest BCUT2D eigenvalue weighted by Crippen LogP contribution is -2.45. The number of unbranched alkanes of at least 4 members (excludes halogenated alkanes) is 13. The number of carbonyl (C=O) groups excluding carboxylic acids is 1. The van der Waals surface area contributed by atoms with E-state index < -0.39 is 68.8 Å². The number of aromatic amines is 1. The Morgan fingerprint density at radius 1 is 1.09 bits per heavy atom. The van der Waals surface area contributed by atoms with E-state index in [0.29, 0.717) is 12.8 Å². The van der Waals surface area contributed by atoms with Gasteiger partial charge in [0.25, 0.3) is 5.56 Å². The van der Waals surface area contributed by atoms with Gasteiger partial charge in [0.15, 0.2) is 11.0 Å². The number of aromatic nitrogens is 2. The molecule has 0 spiro atoms. The number of H-pyrrole nitrogens is 1. The Bertz CT molecular complexity index is 1250. The van der Waals surface area contributed by atoms with Crippen LogP contribution in [0.2, 0.25) is 0 Å². The normalized spacial score (nSPS) is 23.4. The van der Waals surface area contributed by atoms with Crippen molar-refractivity contribution >= 4 is 25.9 Å². The van der Waals surface area contributed by atoms with E-state index in [1.54, 1.807) is 0 Å². The summed E-state index contributed by atoms with van der Waals surface area (Å²) in [6.07, 6.45) is 7.23. The second-order valence-electron chi connectivity index (χ2n) is 12.3. The second kappa shape index (κ2) is 20.1. The van der Waals surface area contributed by atoms with E-state index in [1.807, 2.05) is 5.32 Å². The van der Waals surface area contributed by atoms with E-state index >= 15 is 0 Å². The summed E-state index contributed by atoms with van der Waals surface area (Å²) in [7, 11) is -4.91. The number of halogens is 3. The molecule has 6 atom stereocenters. The van der Waals surface area contributed by atoms with Crippen molar-refractivity contribution < 1.29 is 51.4 Å². The molecule has 272 valence electrons. The molecule has 2 heterocycles. The Morgan fingerprint density at radius 2 is 1.62 bits per heavy atom. The van der Waals surface area contributed by atoms with E-state index in [2.05, 4.69) is 11.9 Å². The largest absolute Gasteiger partial charge is 0.472 e. The van der Waals surface area contributed by atoms with Gasteiger partial charge in [-0.3, -0.25) is 28.2 Å². The van der Waals surface area contributed by atoms with Crippen LogP contribution in [-0.4, -0.2) is 73.8 Å². The van der Waals surface area contributed by atoms with Crippen molar-refractivity contribution in [2.45, 2.75) is 146 Å². The Labute approximate surface area is 279 Å². The maximum atomic E-state index is 12.9. The highest BCUT2D eigenvalue weighted by Gasteiger charge is 2.53. The number of aliphatic hydroxyl groups is 2. The number of phosphoric acid groups is 1. The van der Waals surface area contributed by atoms with E-state index in [-0.39, 0.29) is 11.2 Å². The van der Waals surface area contributed by atoms with Gasteiger partial charge in [-0.2, -0.15) is 13.2 Å². The van der Waals surface area contributed by atoms with Crippen LogP contribution in [0.3, 0.4) is 0 Å². The van der Waals surface area contributed by atoms with Crippen LogP contribution in [0.15, 0.2) is 17.1 Å². The SMILES string of the molecule is CCCCCCCCCCCCCCCC[C@H](COP(=O)(O)OC[C@H]1O[C@@H](n2ccc(=O)[nH]c2=S)[C@](C)(O)C1O)NC(=O)C(F)(F)F. The summed E-state index contributed by atoms with van der Waals surface area (Å²) in [6.45, 7) is 1.94. The number of nitrogens with zero attached hydrogens (tertiary/aromatic N) is 1. The molecule has 17 heteroatoms. The van der Waals surface area contributed by atoms with Crippen molar-refractivity contribution in [3.63, 3.8) is 0 Å². The first kappa shape index (κ1) is 41.5. The lowest BCUT2D eigenvalue weighted by atomic mass is 9.96. The molecule has 0 radical (unpaired) electrons. The van der Waals surface area contributed by atoms with Gasteiger partial charge in [0.1, 0.15) is 17.8 Å². The minimum absolute atomic E-state index is 0.0780. The molecule has 0 aromatic carbocycles. The van der Waals surface area contributed by atoms with Gasteiger partial charge in [-0.15, -0.1) is 0 Å². The first-order chi connectivity index (χ1) is 22.1. The summed E-state index contributed by atoms with van der Waals surface area (Å²) in [5.41, 5.74) is -2.47. The van der Waals surface area contributed by atoms with Gasteiger partial charge in [0.05, 0.1) is 19.3 Å². The third kappa shape index (κ3) is 14.8. The predicted molar refractivity (Wildman–Crippen MR) is 171 cm³/mol. The number of ether oxygens (including phenoxy) is 1. The van der Waals surface area contributed by atoms with Crippen LogP contribution < -0.4 is 10.9 Å². The number of phosphoric ester groups is 1. The molecular weight excluding hydrogens is 666 g/mol. The Hall–Kier alpha value is -1.65. The average Bonchev–Trinajstić information content (AvgIpc) is 3.21. The number of amides is 1. The molecule has 2 unspecified atom stereocenters. The number of hydrogen-bond acceptors (Lipinski definition) is 9. The van der Waals surface area contributed by atoms with Crippen molar-refractivity contribution in [3.8, 4) is 0 Å². The summed E-state index contributed by atoms with van der Waals surface area (Å²) >= 11 is 5.08. The van der Waals surface area contributed by atoms with Gasteiger partial charge in [-0.1, -0.05) is 96.8 Å². The molecule has 1 aliphatic rings. The lowest BCUT2D eigenvalue weighted by Gasteiger charge is -2.28. The van der Waals surface area contributed by atoms with Crippen molar-refractivity contribution in [1.82, 2.24) is 14.9 Å². The highest BCUT2D eigenvalue weighted by molar-refractivity contribution is 7.71. The van der Waals surface area contributed by atoms with E-state index in [9.17, 15) is 42.4 Å². The molecule has 1 amide bonds. The molecule has 0 aliphatic carbocycles. The number of nitrogens with one attached hydrogen (secondary N) is 2. The Balaban J connectivity index is 1.79. The van der Waals surface area contributed by atoms with Crippen LogP contribution in [-0.2, 0) is 23.1 Å². The third-order valence-electron chi connectivity index (χ3n) is 8.20. The van der Waals surface area contributed by atoms with Crippen LogP contribution in [0.4, 0.5) is 13.2 Å². The zero-order valence-electron chi connectivity index (χ0n) is 27.2. The minimum Gasteiger partial charge on any atom is -0.387 e. The average molecular weight is 718 g/mol. The first-order valence-corrected chi connectivity index (χ1v) is 18.4. The molecule has 1 aliphatic heterocycles. The van der Waals surface area contributed by atoms with E-state index in [0.717, 1.165) is 31.7 Å². The number of carbonyl (C=O) groups is 1. The first-order valence-electron chi connectivity index (χ1n) is 16.5. The maximum absolute atomic E-state index is 12.9. The molecular formula is C30H51F3N3O9PS. The molecule has 1 fully saturated rings. The lowest BCUT2D eigenvalue weighted by molar-refractivity contribution is -0.174. The summed E-state index contributed by atoms with van der Waals surface area (Å²) in [4.78, 5) is 35.6. The zero-order chi connectivity index (χ0) is 35.1. The molecule has 2 rings (SSSR count). The molecule has 5 N–H and O–H groups in total. The molecule has 47 heavy (non-hydrogen) atoms. The van der Waals surface area contributed by atoms with Crippen LogP contribution >= 0.6 is 20.0 Å². The second-order valence-corrected chi connectivity index (χ2v) is 14.2. The molecule has 1 aromatic rings. The summed E-state index contributed by atoms with van der Waals surface area (Å²) in [5.74, 6) is -2.19. The van der Waals surface area contributed by atoms with Crippen LogP contribution in [0.25, 0.3) is 0 Å². The van der Waals surface area contributed by atoms with Crippen molar-refractivity contribution in [1.29, 1.82) is 0 Å². The fourth-order valence-electron chi connectivity index (χ4n) is 5.43. The fourth-order valence-corrected chi connectivity index (χ4v) is 6.46. The van der Waals surface area contributed by atoms with E-state index in [4.69, 9.17) is 26.0 Å². The van der Waals surface area contributed by atoms with Crippen LogP contribution in [0, 0.1) is 4.77 Å². The summed E-state index contributed by atoms with van der Waals surface area (Å²) in [5, 5.41) is 23.2. The Kier molecular flexibility index (Phi) is 17.8. The molecule has 0 bridgehead atoms. The van der Waals surface area contributed by atoms with E-state index in [1.165, 1.54) is 69.1 Å². The van der Waals surface area contributed by atoms with Gasteiger partial charge in [0, 0.05) is 12.3 Å². The van der Waals surface area contributed by atoms with Gasteiger partial charge < -0.3 is 25.2 Å². The molecule has 12 nitrogen and oxygen atoms in total. The van der Waals surface area contributed by atoms with Crippen molar-refractivity contribution in [2.24, 2.45) is 0 Å². The number of hydrogen-bond donors (Lipinski definition) is 5. The maximum Gasteiger partial charge on any atom is 0.472 e. The number of aliphatic hydroxyl groups excluding tert-OH is 1. The predicted octanol–water partition coefficient (Wildman–Crippen LogP) is 5.97. The molecule has 1 saturated heterocycles. The quantitative estimate of drug-likeness (QED) is 0.0516. The third-order valence-corrected chi connectivity index (χ3v) is 9.46. The highest BCUT2D eigenvalue weighted by Crippen LogP contribution is 2.46. The highest BCUT2D eigenvalue weighted by atomic mass is 32.1. The molecule has 1 aromatic heterocycles. The van der Waals surface area contributed by atoms with Crippen LogP contribution in [0.1, 0.15) is 116 Å². The monoisotopic (exact) mass is 717 g/mol. The standard InChI is InChI=1S/C30H51F3N3O9PS/c1-3-4-5-6-7-8-9-10-11-12-13-14-15-16-17-22(34-26(39)30(31,32)33)20-43-46(41,42)44-21-23-25(38)29(2,40)27(45-23)36-19-18-24(37)35-28(36)47/h18-19,22-23,25,27,38,40H,3-17,20-21H2,1-2H3,(H,34,39)(H,41,42)(H,35,37,47)/t22-,23-,25?,27-,29-/m1/s1. The van der Waals surface area contributed by atoms with Gasteiger partial charge in [0.2, 0.25) is 0 Å². The Morgan fingerprint density at radius 3 is 2.13 bits per heavy atom. The summed E-state index contributed by atoms with van der Waals surface area (Å²) < 4.78 is 67.9. The number of rotatable bonds is 23. The topological polar surface area (TPSA) is 172 Å². The zero-order valence-corrected chi connectivity index (χ0v) is 28.9. The van der Waals surface area contributed by atoms with Crippen LogP contribution in [0.5, 0.6) is 0 Å². The smallest absolute Gasteiger partial charge is 0.387 e. The van der Waals surface area contributed by atoms with Crippen molar-refractivity contribution in [2.75, 3.05) is 13.2 Å². The molecule has 0 saturated carbocycles. The van der Waals surface area contributed by atoms with Gasteiger partial charge in [-0.25, -0.2) is 4.57 Å². The fraction of sp³-hybridized carbons (Fsp3) is 0.833. The van der Waals surface area contributed by atoms with Gasteiger partial charge >= 0.3 is 19.9 Å². The van der Waals surface area contributed by atoms with Crippen molar-refractivity contribution in [3.05, 3.63) is 27.4 Å². The number of alkyl halides is 3. The minimum atomic E-state index is -5.15.